The second kappa shape index (κ2) is 21.1. The number of nitrogen functional groups attached to an aromatic ring is 2. The fourth-order valence-corrected chi connectivity index (χ4v) is 9.19. The lowest BCUT2D eigenvalue weighted by Crippen LogP contribution is -2.59. The molecule has 0 bridgehead atoms. The largest absolute Gasteiger partial charge is 0.491 e. The van der Waals surface area contributed by atoms with Gasteiger partial charge in [-0.25, -0.2) is 33.7 Å². The molecule has 3 aromatic heterocycles. The number of hydrogen-bond donors (Lipinski definition) is 7. The number of amides is 1. The van der Waals surface area contributed by atoms with Crippen molar-refractivity contribution in [3.8, 4) is 5.75 Å². The van der Waals surface area contributed by atoms with E-state index in [0.717, 1.165) is 15.8 Å². The Kier molecular flexibility index (Phi) is 15.7. The van der Waals surface area contributed by atoms with Crippen LogP contribution in [0, 0.1) is 0 Å². The summed E-state index contributed by atoms with van der Waals surface area (Å²) in [4.78, 5) is 87.8. The number of imidazole rings is 1. The van der Waals surface area contributed by atoms with Crippen molar-refractivity contribution in [2.45, 2.75) is 87.0 Å². The molecule has 27 nitrogen and oxygen atoms in total. The lowest BCUT2D eigenvalue weighted by atomic mass is 10.0. The number of fused-ring (bicyclic) bond motifs is 1. The van der Waals surface area contributed by atoms with Crippen LogP contribution in [-0.2, 0) is 51.2 Å². The highest BCUT2D eigenvalue weighted by Gasteiger charge is 2.55. The first-order valence-corrected chi connectivity index (χ1v) is 23.7. The summed E-state index contributed by atoms with van der Waals surface area (Å²) in [7, 11) is -10.7. The standard InChI is InChI=1S/C37H46ClN9O18P2/c1-2-3-8-25(48)47(21(36(50)51)14-59-20-7-4-6-19(38)13-20)28-22(62-34(29(28)49)46-18-43-27-32(40)41-17-42-33(27)46)15-61-67(56,57)65-30-23(16-60-66(53,54)55)63-35(31(30)64-26-9-5-12-58-26)45-11-10-24(39)44-37(45)52/h2,4,6-7,10-11,13,17-18,21-23,26,28-31,34-35,49H,1,3,5,8-9,12,14-16H2,(H,50,51)(H,56,57)(H2,39,44,52)(H2,40,41,42)(H2,53,54,55)/t21-,22?,23-,26?,28?,29?,30-,31-,34?,35-/m1/s1. The molecular weight excluding hydrogens is 956 g/mol. The number of phosphoric ester groups is 2. The number of rotatable bonds is 21. The van der Waals surface area contributed by atoms with Crippen molar-refractivity contribution in [2.24, 2.45) is 0 Å². The first-order chi connectivity index (χ1) is 31.8. The number of aliphatic carboxylic acids is 1. The Balaban J connectivity index is 1.23. The van der Waals surface area contributed by atoms with E-state index in [1.54, 1.807) is 12.1 Å². The zero-order chi connectivity index (χ0) is 48.2. The minimum Gasteiger partial charge on any atom is -0.491 e. The van der Waals surface area contributed by atoms with Crippen molar-refractivity contribution in [3.63, 3.8) is 0 Å². The molecule has 67 heavy (non-hydrogen) atoms. The van der Waals surface area contributed by atoms with Crippen molar-refractivity contribution in [1.82, 2.24) is 34.0 Å². The number of halogens is 1. The van der Waals surface area contributed by atoms with Crippen LogP contribution in [0.15, 0.2) is 66.6 Å². The van der Waals surface area contributed by atoms with Gasteiger partial charge in [0.15, 0.2) is 36.3 Å². The van der Waals surface area contributed by atoms with Crippen LogP contribution in [-0.4, -0.2) is 146 Å². The highest BCUT2D eigenvalue weighted by molar-refractivity contribution is 7.47. The lowest BCUT2D eigenvalue weighted by molar-refractivity contribution is -0.181. The highest BCUT2D eigenvalue weighted by atomic mass is 35.5. The van der Waals surface area contributed by atoms with E-state index >= 15 is 0 Å². The Morgan fingerprint density at radius 2 is 1.81 bits per heavy atom. The predicted octanol–water partition coefficient (Wildman–Crippen LogP) is 0.886. The van der Waals surface area contributed by atoms with Crippen LogP contribution >= 0.6 is 27.2 Å². The summed E-state index contributed by atoms with van der Waals surface area (Å²) < 4.78 is 73.8. The zero-order valence-corrected chi connectivity index (χ0v) is 37.5. The second-order valence-corrected chi connectivity index (χ2v) is 18.2. The van der Waals surface area contributed by atoms with E-state index in [-0.39, 0.29) is 53.0 Å². The molecule has 1 aromatic carbocycles. The highest BCUT2D eigenvalue weighted by Crippen LogP contribution is 2.51. The maximum atomic E-state index is 14.2. The predicted molar refractivity (Wildman–Crippen MR) is 227 cm³/mol. The maximum absolute atomic E-state index is 14.2. The minimum absolute atomic E-state index is 0.0432. The van der Waals surface area contributed by atoms with Gasteiger partial charge in [0.05, 0.1) is 25.6 Å². The van der Waals surface area contributed by atoms with Crippen LogP contribution < -0.4 is 21.9 Å². The number of aliphatic hydroxyl groups excluding tert-OH is 1. The molecular formula is C37H46ClN9O18P2. The van der Waals surface area contributed by atoms with E-state index in [1.807, 2.05) is 0 Å². The van der Waals surface area contributed by atoms with Crippen molar-refractivity contribution in [3.05, 3.63) is 77.3 Å². The third kappa shape index (κ3) is 11.8. The average molecular weight is 1000 g/mol. The Morgan fingerprint density at radius 1 is 1.04 bits per heavy atom. The summed E-state index contributed by atoms with van der Waals surface area (Å²) >= 11 is 6.12. The Bertz CT molecular complexity index is 2580. The Labute approximate surface area is 383 Å². The second-order valence-electron chi connectivity index (χ2n) is 15.2. The first-order valence-electron chi connectivity index (χ1n) is 20.3. The summed E-state index contributed by atoms with van der Waals surface area (Å²) in [5.41, 5.74) is 10.9. The number of nitrogens with zero attached hydrogens (tertiary/aromatic N) is 7. The Hall–Kier alpha value is -4.96. The van der Waals surface area contributed by atoms with E-state index in [1.165, 1.54) is 41.4 Å². The van der Waals surface area contributed by atoms with E-state index in [4.69, 9.17) is 60.3 Å². The molecule has 4 aromatic rings. The van der Waals surface area contributed by atoms with Crippen LogP contribution in [0.25, 0.3) is 11.2 Å². The van der Waals surface area contributed by atoms with Gasteiger partial charge in [0.25, 0.3) is 0 Å². The van der Waals surface area contributed by atoms with Gasteiger partial charge in [0.1, 0.15) is 60.5 Å². The monoisotopic (exact) mass is 1000 g/mol. The van der Waals surface area contributed by atoms with Gasteiger partial charge >= 0.3 is 27.3 Å². The molecule has 6 unspecified atom stereocenters. The van der Waals surface area contributed by atoms with Gasteiger partial charge in [0.2, 0.25) is 5.91 Å². The molecule has 3 aliphatic heterocycles. The van der Waals surface area contributed by atoms with Crippen LogP contribution in [0.4, 0.5) is 11.6 Å². The van der Waals surface area contributed by atoms with E-state index < -0.39 is 114 Å². The van der Waals surface area contributed by atoms with Gasteiger partial charge in [-0.15, -0.1) is 6.58 Å². The van der Waals surface area contributed by atoms with Crippen molar-refractivity contribution in [2.75, 3.05) is 37.9 Å². The lowest BCUT2D eigenvalue weighted by Gasteiger charge is -2.37. The quantitative estimate of drug-likeness (QED) is 0.0450. The van der Waals surface area contributed by atoms with Gasteiger partial charge in [0, 0.05) is 30.7 Å². The zero-order valence-electron chi connectivity index (χ0n) is 34.9. The number of carbonyl (C=O) groups is 2. The normalized spacial score (nSPS) is 26.6. The number of aromatic nitrogens is 6. The summed E-state index contributed by atoms with van der Waals surface area (Å²) in [6.45, 7) is 1.19. The van der Waals surface area contributed by atoms with Gasteiger partial charge in [-0.05, 0) is 37.1 Å². The fourth-order valence-electron chi connectivity index (χ4n) is 7.71. The van der Waals surface area contributed by atoms with Crippen molar-refractivity contribution in [1.29, 1.82) is 0 Å². The summed E-state index contributed by atoms with van der Waals surface area (Å²) in [5, 5.41) is 23.1. The molecule has 9 N–H and O–H groups in total. The third-order valence-corrected chi connectivity index (χ3v) is 12.4. The number of carboxylic acid groups (broad SMARTS) is 1. The number of carboxylic acids is 1. The van der Waals surface area contributed by atoms with E-state index in [2.05, 4.69) is 26.5 Å². The number of phosphoric acid groups is 2. The minimum atomic E-state index is -5.52. The molecule has 3 saturated heterocycles. The van der Waals surface area contributed by atoms with Crippen LogP contribution in [0.2, 0.25) is 5.02 Å². The van der Waals surface area contributed by atoms with Crippen LogP contribution in [0.3, 0.4) is 0 Å². The molecule has 0 aliphatic carbocycles. The van der Waals surface area contributed by atoms with Gasteiger partial charge in [-0.2, -0.15) is 4.98 Å². The van der Waals surface area contributed by atoms with Gasteiger partial charge in [-0.3, -0.25) is 27.5 Å². The SMILES string of the molecule is C=CCCC(=O)N(C1C(COP(=O)(O)O[C@H]2[C@@H](OC3CCCO3)[C@H](n3ccc(N)nc3=O)O[C@@H]2COP(=O)(O)O)OC(n2cnc3c(N)ncnc32)C1O)[C@H](COc1cccc(Cl)c1)C(=O)O. The fraction of sp³-hybridized carbons (Fsp3) is 0.486. The van der Waals surface area contributed by atoms with Gasteiger partial charge in [-0.1, -0.05) is 23.7 Å². The van der Waals surface area contributed by atoms with Crippen LogP contribution in [0.1, 0.15) is 38.1 Å². The Morgan fingerprint density at radius 3 is 2.49 bits per heavy atom. The van der Waals surface area contributed by atoms with Crippen molar-refractivity contribution < 1.29 is 80.9 Å². The number of benzene rings is 1. The molecule has 30 heteroatoms. The molecule has 1 amide bonds. The molecule has 364 valence electrons. The third-order valence-electron chi connectivity index (χ3n) is 10.7. The molecule has 11 atom stereocenters. The molecule has 0 spiro atoms. The number of carbonyl (C=O) groups excluding carboxylic acids is 1. The number of anilines is 2. The molecule has 0 radical (unpaired) electrons. The molecule has 3 fully saturated rings. The number of ether oxygens (including phenoxy) is 5. The summed E-state index contributed by atoms with van der Waals surface area (Å²) in [6.07, 6.45) is -7.23. The molecule has 0 saturated carbocycles. The van der Waals surface area contributed by atoms with E-state index in [0.29, 0.717) is 12.8 Å². The smallest absolute Gasteiger partial charge is 0.472 e. The molecule has 3 aliphatic rings. The summed E-state index contributed by atoms with van der Waals surface area (Å²) in [6, 6.07) is 3.66. The van der Waals surface area contributed by atoms with Crippen LogP contribution in [0.5, 0.6) is 5.75 Å². The van der Waals surface area contributed by atoms with E-state index in [9.17, 15) is 48.4 Å². The number of aliphatic hydroxyl groups is 1. The number of nitrogens with two attached hydrogens (primary N) is 2. The topological polar surface area (TPSA) is 377 Å². The average Bonchev–Trinajstić information content (AvgIpc) is 4.07. The number of hydrogen-bond acceptors (Lipinski definition) is 20. The van der Waals surface area contributed by atoms with Crippen molar-refractivity contribution >= 4 is 61.9 Å². The first kappa shape index (κ1) is 49.9. The summed E-state index contributed by atoms with van der Waals surface area (Å²) in [5.74, 6) is -2.49. The molecule has 6 heterocycles. The van der Waals surface area contributed by atoms with Gasteiger partial charge < -0.3 is 64.9 Å². The molecule has 7 rings (SSSR count). The maximum Gasteiger partial charge on any atom is 0.472 e. The number of allylic oxidation sites excluding steroid dienone is 1.